The molecule has 0 saturated carbocycles. The number of aliphatic carboxylic acids is 2. The van der Waals surface area contributed by atoms with E-state index in [4.69, 9.17) is 15.9 Å². The maximum Gasteiger partial charge on any atom is 0.326 e. The van der Waals surface area contributed by atoms with Crippen molar-refractivity contribution in [3.8, 4) is 0 Å². The van der Waals surface area contributed by atoms with Gasteiger partial charge in [-0.15, -0.1) is 0 Å². The van der Waals surface area contributed by atoms with Crippen LogP contribution in [-0.4, -0.2) is 64.5 Å². The second kappa shape index (κ2) is 11.8. The van der Waals surface area contributed by atoms with E-state index in [0.29, 0.717) is 6.42 Å². The van der Waals surface area contributed by atoms with E-state index >= 15 is 0 Å². The van der Waals surface area contributed by atoms with Gasteiger partial charge in [0.1, 0.15) is 18.1 Å². The maximum absolute atomic E-state index is 12.4. The first-order chi connectivity index (χ1) is 12.5. The molecule has 4 atom stereocenters. The van der Waals surface area contributed by atoms with Crippen LogP contribution in [0.2, 0.25) is 0 Å². The molecule has 0 spiro atoms. The topological polar surface area (TPSA) is 188 Å². The smallest absolute Gasteiger partial charge is 0.326 e. The van der Waals surface area contributed by atoms with Crippen LogP contribution in [0.15, 0.2) is 0 Å². The van der Waals surface area contributed by atoms with Gasteiger partial charge in [0.2, 0.25) is 17.7 Å². The average molecular weight is 388 g/mol. The first-order valence-corrected chi connectivity index (χ1v) is 8.58. The highest BCUT2D eigenvalue weighted by Gasteiger charge is 2.29. The number of carbonyl (C=O) groups is 5. The minimum absolute atomic E-state index is 0.224. The zero-order valence-electron chi connectivity index (χ0n) is 15.7. The van der Waals surface area contributed by atoms with E-state index in [1.165, 1.54) is 6.92 Å². The van der Waals surface area contributed by atoms with Gasteiger partial charge in [-0.1, -0.05) is 20.3 Å². The number of carboxylic acid groups (broad SMARTS) is 2. The normalized spacial score (nSPS) is 15.0. The molecule has 11 nitrogen and oxygen atoms in total. The van der Waals surface area contributed by atoms with Crippen molar-refractivity contribution in [3.05, 3.63) is 0 Å². The maximum atomic E-state index is 12.4. The molecule has 0 aliphatic carbocycles. The number of amides is 3. The summed E-state index contributed by atoms with van der Waals surface area (Å²) in [7, 11) is 0. The van der Waals surface area contributed by atoms with Crippen LogP contribution in [-0.2, 0) is 24.0 Å². The molecule has 0 fully saturated rings. The van der Waals surface area contributed by atoms with Crippen molar-refractivity contribution in [1.29, 1.82) is 0 Å². The number of nitrogens with two attached hydrogens (primary N) is 1. The Balaban J connectivity index is 4.93. The van der Waals surface area contributed by atoms with Gasteiger partial charge in [0.25, 0.3) is 0 Å². The van der Waals surface area contributed by atoms with E-state index < -0.39 is 54.2 Å². The summed E-state index contributed by atoms with van der Waals surface area (Å²) in [5.74, 6) is -4.70. The molecule has 0 aromatic rings. The van der Waals surface area contributed by atoms with E-state index in [-0.39, 0.29) is 18.9 Å². The van der Waals surface area contributed by atoms with Crippen LogP contribution in [0.5, 0.6) is 0 Å². The van der Waals surface area contributed by atoms with Crippen LogP contribution in [0.3, 0.4) is 0 Å². The zero-order valence-corrected chi connectivity index (χ0v) is 15.7. The lowest BCUT2D eigenvalue weighted by molar-refractivity contribution is -0.143. The van der Waals surface area contributed by atoms with Gasteiger partial charge in [-0.25, -0.2) is 4.79 Å². The Hall–Kier alpha value is -2.69. The zero-order chi connectivity index (χ0) is 21.1. The Morgan fingerprint density at radius 1 is 0.963 bits per heavy atom. The van der Waals surface area contributed by atoms with Crippen molar-refractivity contribution in [2.45, 2.75) is 58.2 Å². The van der Waals surface area contributed by atoms with Crippen LogP contribution < -0.4 is 21.7 Å². The highest BCUT2D eigenvalue weighted by atomic mass is 16.4. The number of hydrogen-bond acceptors (Lipinski definition) is 6. The monoisotopic (exact) mass is 388 g/mol. The summed E-state index contributed by atoms with van der Waals surface area (Å²) in [6.45, 7) is 4.63. The number of rotatable bonds is 12. The molecule has 0 radical (unpaired) electrons. The molecule has 27 heavy (non-hydrogen) atoms. The Labute approximate surface area is 157 Å². The highest BCUT2D eigenvalue weighted by Crippen LogP contribution is 2.08. The minimum atomic E-state index is -1.39. The second-order valence-corrected chi connectivity index (χ2v) is 6.20. The molecule has 0 aliphatic rings. The van der Waals surface area contributed by atoms with Crippen molar-refractivity contribution in [2.75, 3.05) is 6.54 Å². The predicted octanol–water partition coefficient (Wildman–Crippen LogP) is -1.59. The third-order valence-electron chi connectivity index (χ3n) is 4.01. The van der Waals surface area contributed by atoms with Gasteiger partial charge in [-0.2, -0.15) is 0 Å². The summed E-state index contributed by atoms with van der Waals surface area (Å²) < 4.78 is 0. The van der Waals surface area contributed by atoms with Gasteiger partial charge in [0.05, 0.1) is 6.54 Å². The molecule has 0 heterocycles. The molecule has 0 bridgehead atoms. The molecule has 4 unspecified atom stereocenters. The molecule has 0 rings (SSSR count). The molecule has 0 aliphatic heterocycles. The lowest BCUT2D eigenvalue weighted by Gasteiger charge is -2.25. The predicted molar refractivity (Wildman–Crippen MR) is 94.5 cm³/mol. The fourth-order valence-corrected chi connectivity index (χ4v) is 2.12. The Morgan fingerprint density at radius 3 is 2.00 bits per heavy atom. The van der Waals surface area contributed by atoms with Gasteiger partial charge in [-0.3, -0.25) is 19.2 Å². The van der Waals surface area contributed by atoms with Crippen molar-refractivity contribution in [3.63, 3.8) is 0 Å². The van der Waals surface area contributed by atoms with Crippen LogP contribution >= 0.6 is 0 Å². The summed E-state index contributed by atoms with van der Waals surface area (Å²) in [6, 6.07) is -3.38. The van der Waals surface area contributed by atoms with Gasteiger partial charge in [0, 0.05) is 6.42 Å². The van der Waals surface area contributed by atoms with Crippen molar-refractivity contribution >= 4 is 29.7 Å². The van der Waals surface area contributed by atoms with Gasteiger partial charge in [0.15, 0.2) is 0 Å². The summed E-state index contributed by atoms with van der Waals surface area (Å²) in [4.78, 5) is 57.7. The van der Waals surface area contributed by atoms with E-state index in [1.54, 1.807) is 6.92 Å². The average Bonchev–Trinajstić information content (AvgIpc) is 2.61. The SMILES string of the molecule is CCC(C)C(NC(=O)CN)C(=O)NC(C)C(=O)NC(CCC(=O)O)C(=O)O. The first kappa shape index (κ1) is 24.3. The number of carboxylic acids is 2. The molecule has 0 aromatic heterocycles. The molecule has 0 aromatic carbocycles. The quantitative estimate of drug-likeness (QED) is 0.231. The minimum Gasteiger partial charge on any atom is -0.481 e. The van der Waals surface area contributed by atoms with Gasteiger partial charge < -0.3 is 31.9 Å². The van der Waals surface area contributed by atoms with Crippen LogP contribution in [0, 0.1) is 5.92 Å². The van der Waals surface area contributed by atoms with Crippen molar-refractivity contribution in [2.24, 2.45) is 11.7 Å². The number of nitrogens with one attached hydrogen (secondary N) is 3. The molecule has 3 amide bonds. The fraction of sp³-hybridized carbons (Fsp3) is 0.688. The summed E-state index contributed by atoms with van der Waals surface area (Å²) >= 11 is 0. The Morgan fingerprint density at radius 2 is 1.56 bits per heavy atom. The van der Waals surface area contributed by atoms with E-state index in [9.17, 15) is 24.0 Å². The van der Waals surface area contributed by atoms with Crippen LogP contribution in [0.25, 0.3) is 0 Å². The van der Waals surface area contributed by atoms with E-state index in [2.05, 4.69) is 16.0 Å². The third kappa shape index (κ3) is 8.99. The van der Waals surface area contributed by atoms with Gasteiger partial charge in [-0.05, 0) is 19.3 Å². The summed E-state index contributed by atoms with van der Waals surface area (Å²) in [6.07, 6.45) is -0.141. The second-order valence-electron chi connectivity index (χ2n) is 6.20. The molecule has 7 N–H and O–H groups in total. The van der Waals surface area contributed by atoms with Crippen LogP contribution in [0.4, 0.5) is 0 Å². The largest absolute Gasteiger partial charge is 0.481 e. The first-order valence-electron chi connectivity index (χ1n) is 8.58. The highest BCUT2D eigenvalue weighted by molar-refractivity contribution is 5.93. The van der Waals surface area contributed by atoms with Crippen molar-refractivity contribution < 1.29 is 34.2 Å². The standard InChI is InChI=1S/C16H28N4O7/c1-4-8(2)13(20-11(21)7-17)15(25)18-9(3)14(24)19-10(16(26)27)5-6-12(22)23/h8-10,13H,4-7,17H2,1-3H3,(H,18,25)(H,19,24)(H,20,21)(H,22,23)(H,26,27). The molecule has 154 valence electrons. The van der Waals surface area contributed by atoms with E-state index in [0.717, 1.165) is 0 Å². The van der Waals surface area contributed by atoms with E-state index in [1.807, 2.05) is 6.92 Å². The molecular formula is C16H28N4O7. The Bertz CT molecular complexity index is 567. The molecular weight excluding hydrogens is 360 g/mol. The summed E-state index contributed by atoms with van der Waals surface area (Å²) in [5, 5.41) is 24.8. The number of carbonyl (C=O) groups excluding carboxylic acids is 3. The lowest BCUT2D eigenvalue weighted by Crippen LogP contribution is -2.56. The summed E-state index contributed by atoms with van der Waals surface area (Å²) in [5.41, 5.74) is 5.24. The molecule has 11 heteroatoms. The van der Waals surface area contributed by atoms with Gasteiger partial charge >= 0.3 is 11.9 Å². The Kier molecular flexibility index (Phi) is 10.7. The fourth-order valence-electron chi connectivity index (χ4n) is 2.12. The molecule has 0 saturated heterocycles. The van der Waals surface area contributed by atoms with Crippen LogP contribution in [0.1, 0.15) is 40.0 Å². The lowest BCUT2D eigenvalue weighted by atomic mass is 9.98. The third-order valence-corrected chi connectivity index (χ3v) is 4.01. The number of hydrogen-bond donors (Lipinski definition) is 6. The van der Waals surface area contributed by atoms with Crippen molar-refractivity contribution in [1.82, 2.24) is 16.0 Å².